The molecule has 1 amide bonds. The van der Waals surface area contributed by atoms with Crippen molar-refractivity contribution in [2.24, 2.45) is 0 Å². The Morgan fingerprint density at radius 2 is 2.11 bits per heavy atom. The Morgan fingerprint density at radius 1 is 1.33 bits per heavy atom. The van der Waals surface area contributed by atoms with Crippen LogP contribution in [0.15, 0.2) is 15.3 Å². The third-order valence-electron chi connectivity index (χ3n) is 4.76. The summed E-state index contributed by atoms with van der Waals surface area (Å²) in [6, 6.07) is 1.57. The van der Waals surface area contributed by atoms with Gasteiger partial charge < -0.3 is 14.1 Å². The van der Waals surface area contributed by atoms with Gasteiger partial charge in [0.2, 0.25) is 5.91 Å². The number of carbonyl (C=O) groups is 2. The van der Waals surface area contributed by atoms with Gasteiger partial charge in [-0.05, 0) is 25.8 Å². The molecule has 0 spiro atoms. The lowest BCUT2D eigenvalue weighted by molar-refractivity contribution is -0.131. The van der Waals surface area contributed by atoms with Crippen molar-refractivity contribution in [1.29, 1.82) is 0 Å². The third-order valence-corrected chi connectivity index (χ3v) is 4.76. The van der Waals surface area contributed by atoms with Crippen LogP contribution < -0.4 is 5.69 Å². The summed E-state index contributed by atoms with van der Waals surface area (Å²) in [5, 5.41) is 4.33. The first-order valence-corrected chi connectivity index (χ1v) is 8.98. The van der Waals surface area contributed by atoms with Crippen molar-refractivity contribution in [1.82, 2.24) is 19.2 Å². The lowest BCUT2D eigenvalue weighted by Gasteiger charge is -2.15. The minimum atomic E-state index is -0.484. The molecule has 0 saturated carbocycles. The van der Waals surface area contributed by atoms with Gasteiger partial charge in [0.05, 0.1) is 13.7 Å². The highest BCUT2D eigenvalue weighted by Gasteiger charge is 2.21. The fourth-order valence-electron chi connectivity index (χ4n) is 3.23. The van der Waals surface area contributed by atoms with Gasteiger partial charge in [0.25, 0.3) is 0 Å². The monoisotopic (exact) mass is 376 g/mol. The second-order valence-corrected chi connectivity index (χ2v) is 6.74. The minimum Gasteiger partial charge on any atom is -0.465 e. The predicted octanol–water partition coefficient (Wildman–Crippen LogP) is 1.12. The molecule has 0 bridgehead atoms. The summed E-state index contributed by atoms with van der Waals surface area (Å²) >= 11 is 0. The molecular weight excluding hydrogens is 352 g/mol. The van der Waals surface area contributed by atoms with Gasteiger partial charge in [0, 0.05) is 20.0 Å². The van der Waals surface area contributed by atoms with Crippen LogP contribution in [0.3, 0.4) is 0 Å². The molecule has 0 N–H and O–H groups in total. The molecule has 1 aliphatic heterocycles. The number of aryl methyl sites for hydroxylation is 2. The Hall–Kier alpha value is -2.84. The van der Waals surface area contributed by atoms with Gasteiger partial charge in [-0.15, -0.1) is 0 Å². The van der Waals surface area contributed by atoms with Crippen LogP contribution in [0, 0.1) is 6.92 Å². The molecule has 27 heavy (non-hydrogen) atoms. The molecular formula is C18H24N4O5. The highest BCUT2D eigenvalue weighted by molar-refractivity contribution is 5.90. The zero-order chi connectivity index (χ0) is 19.6. The lowest BCUT2D eigenvalue weighted by Crippen LogP contribution is -2.34. The van der Waals surface area contributed by atoms with Gasteiger partial charge in [-0.25, -0.2) is 14.3 Å². The second-order valence-electron chi connectivity index (χ2n) is 6.74. The van der Waals surface area contributed by atoms with E-state index in [1.807, 2.05) is 0 Å². The highest BCUT2D eigenvalue weighted by Crippen LogP contribution is 2.17. The van der Waals surface area contributed by atoms with Crippen LogP contribution in [0.4, 0.5) is 0 Å². The van der Waals surface area contributed by atoms with Gasteiger partial charge in [-0.1, -0.05) is 6.42 Å². The average Bonchev–Trinajstić information content (AvgIpc) is 3.03. The Balaban J connectivity index is 1.68. The first-order valence-electron chi connectivity index (χ1n) is 8.98. The summed E-state index contributed by atoms with van der Waals surface area (Å²) < 4.78 is 13.1. The summed E-state index contributed by atoms with van der Waals surface area (Å²) in [5.74, 6) is 0.905. The highest BCUT2D eigenvalue weighted by atomic mass is 16.5. The maximum Gasteiger partial charge on any atom is 0.346 e. The fourth-order valence-corrected chi connectivity index (χ4v) is 3.23. The molecule has 2 aromatic rings. The molecule has 0 aromatic carbocycles. The van der Waals surface area contributed by atoms with Crippen molar-refractivity contribution >= 4 is 11.9 Å². The number of ether oxygens (including phenoxy) is 1. The van der Waals surface area contributed by atoms with E-state index in [4.69, 9.17) is 9.15 Å². The molecule has 0 aliphatic carbocycles. The van der Waals surface area contributed by atoms with E-state index < -0.39 is 5.97 Å². The van der Waals surface area contributed by atoms with Gasteiger partial charge in [0.15, 0.2) is 0 Å². The molecule has 0 radical (unpaired) electrons. The molecule has 3 heterocycles. The number of nitrogens with zero attached hydrogens (tertiary/aromatic N) is 4. The van der Waals surface area contributed by atoms with Crippen molar-refractivity contribution in [3.63, 3.8) is 0 Å². The Morgan fingerprint density at radius 3 is 2.85 bits per heavy atom. The lowest BCUT2D eigenvalue weighted by atomic mass is 10.2. The molecule has 0 saturated heterocycles. The van der Waals surface area contributed by atoms with Crippen molar-refractivity contribution < 1.29 is 18.7 Å². The van der Waals surface area contributed by atoms with E-state index in [1.165, 1.54) is 16.7 Å². The number of aromatic nitrogens is 3. The number of esters is 1. The fraction of sp³-hybridized carbons (Fsp3) is 0.556. The summed E-state index contributed by atoms with van der Waals surface area (Å²) in [6.45, 7) is 2.37. The molecule has 0 fully saturated rings. The van der Waals surface area contributed by atoms with Crippen molar-refractivity contribution in [3.8, 4) is 0 Å². The predicted molar refractivity (Wildman–Crippen MR) is 95.3 cm³/mol. The smallest absolute Gasteiger partial charge is 0.346 e. The first-order chi connectivity index (χ1) is 12.9. The SMILES string of the molecule is COC(=O)c1cc(CN(C)C(=O)Cn2nc3n(c2=O)CCCCC3)oc1C. The molecule has 3 rings (SSSR count). The first kappa shape index (κ1) is 18.9. The maximum absolute atomic E-state index is 12.5. The third kappa shape index (κ3) is 3.96. The van der Waals surface area contributed by atoms with Crippen LogP contribution in [-0.4, -0.2) is 45.3 Å². The largest absolute Gasteiger partial charge is 0.465 e. The van der Waals surface area contributed by atoms with Gasteiger partial charge >= 0.3 is 11.7 Å². The van der Waals surface area contributed by atoms with Crippen LogP contribution in [0.25, 0.3) is 0 Å². The summed E-state index contributed by atoms with van der Waals surface area (Å²) in [7, 11) is 2.92. The van der Waals surface area contributed by atoms with Gasteiger partial charge in [0.1, 0.15) is 29.5 Å². The summed E-state index contributed by atoms with van der Waals surface area (Å²) in [5.41, 5.74) is 0.0953. The number of rotatable bonds is 5. The van der Waals surface area contributed by atoms with Crippen LogP contribution >= 0.6 is 0 Å². The molecule has 1 aliphatic rings. The number of amides is 1. The Bertz CT molecular complexity index is 907. The van der Waals surface area contributed by atoms with Crippen molar-refractivity contribution in [3.05, 3.63) is 39.5 Å². The average molecular weight is 376 g/mol. The van der Waals surface area contributed by atoms with Crippen LogP contribution in [0.5, 0.6) is 0 Å². The zero-order valence-electron chi connectivity index (χ0n) is 15.9. The Labute approximate surface area is 156 Å². The number of fused-ring (bicyclic) bond motifs is 1. The van der Waals surface area contributed by atoms with E-state index in [0.29, 0.717) is 23.6 Å². The number of furan rings is 1. The van der Waals surface area contributed by atoms with Crippen LogP contribution in [0.2, 0.25) is 0 Å². The molecule has 0 atom stereocenters. The molecule has 9 heteroatoms. The van der Waals surface area contributed by atoms with E-state index >= 15 is 0 Å². The van der Waals surface area contributed by atoms with Crippen LogP contribution in [-0.2, 0) is 35.6 Å². The maximum atomic E-state index is 12.5. The Kier molecular flexibility index (Phi) is 5.48. The van der Waals surface area contributed by atoms with Crippen LogP contribution in [0.1, 0.15) is 47.0 Å². The molecule has 9 nitrogen and oxygen atoms in total. The molecule has 2 aromatic heterocycles. The van der Waals surface area contributed by atoms with Gasteiger partial charge in [-0.3, -0.25) is 9.36 Å². The zero-order valence-corrected chi connectivity index (χ0v) is 15.9. The summed E-state index contributed by atoms with van der Waals surface area (Å²) in [6.07, 6.45) is 3.80. The summed E-state index contributed by atoms with van der Waals surface area (Å²) in [4.78, 5) is 38.1. The van der Waals surface area contributed by atoms with E-state index in [0.717, 1.165) is 31.5 Å². The topological polar surface area (TPSA) is 99.6 Å². The number of hydrogen-bond acceptors (Lipinski definition) is 6. The number of methoxy groups -OCH3 is 1. The van der Waals surface area contributed by atoms with E-state index in [2.05, 4.69) is 5.10 Å². The van der Waals surface area contributed by atoms with Crippen molar-refractivity contribution in [2.75, 3.05) is 14.2 Å². The van der Waals surface area contributed by atoms with E-state index in [9.17, 15) is 14.4 Å². The quantitative estimate of drug-likeness (QED) is 0.725. The molecule has 0 unspecified atom stereocenters. The second kappa shape index (κ2) is 7.81. The number of hydrogen-bond donors (Lipinski definition) is 0. The standard InChI is InChI=1S/C18H24N4O5/c1-12-14(17(24)26-3)9-13(27-12)10-20(2)16(23)11-22-18(25)21-8-6-4-5-7-15(21)19-22/h9H,4-8,10-11H2,1-3H3. The molecule has 146 valence electrons. The number of likely N-dealkylation sites (N-methyl/N-ethyl adjacent to an activating group) is 1. The van der Waals surface area contributed by atoms with Crippen molar-refractivity contribution in [2.45, 2.75) is 52.2 Å². The van der Waals surface area contributed by atoms with Gasteiger partial charge in [-0.2, -0.15) is 5.10 Å². The minimum absolute atomic E-state index is 0.126. The van der Waals surface area contributed by atoms with E-state index in [-0.39, 0.29) is 24.7 Å². The van der Waals surface area contributed by atoms with E-state index in [1.54, 1.807) is 24.6 Å². The normalized spacial score (nSPS) is 13.7. The number of carbonyl (C=O) groups excluding carboxylic acids is 2.